The summed E-state index contributed by atoms with van der Waals surface area (Å²) in [5, 5.41) is 17.1. The molecule has 2 N–H and O–H groups in total. The number of benzene rings is 3. The molecular weight excluding hydrogens is 422 g/mol. The van der Waals surface area contributed by atoms with Crippen LogP contribution in [0.3, 0.4) is 0 Å². The Hall–Kier alpha value is -4.33. The summed E-state index contributed by atoms with van der Waals surface area (Å²) in [7, 11) is 0. The van der Waals surface area contributed by atoms with Gasteiger partial charge in [-0.1, -0.05) is 29.4 Å². The molecular formula is C25H21N3O5. The van der Waals surface area contributed by atoms with Gasteiger partial charge in [0.15, 0.2) is 22.9 Å². The number of anilines is 2. The zero-order valence-corrected chi connectivity index (χ0v) is 17.9. The quantitative estimate of drug-likeness (QED) is 0.412. The summed E-state index contributed by atoms with van der Waals surface area (Å²) in [5.74, 6) is 1.13. The number of carboxylic acids is 1. The van der Waals surface area contributed by atoms with E-state index in [0.717, 1.165) is 44.8 Å². The van der Waals surface area contributed by atoms with Gasteiger partial charge in [0.25, 0.3) is 0 Å². The SMILES string of the molecule is Cc1c(Nc2noc3cc(C=NCC(=O)O)ccc23)cccc1-c1ccc2c(c1)OCCO2. The molecule has 8 nitrogen and oxygen atoms in total. The number of rotatable bonds is 6. The number of carboxylic acid groups (broad SMARTS) is 1. The molecule has 1 aliphatic heterocycles. The van der Waals surface area contributed by atoms with Gasteiger partial charge in [0.05, 0.1) is 5.39 Å². The average molecular weight is 443 g/mol. The molecule has 2 heterocycles. The van der Waals surface area contributed by atoms with E-state index in [9.17, 15) is 4.79 Å². The van der Waals surface area contributed by atoms with E-state index in [1.54, 1.807) is 6.07 Å². The van der Waals surface area contributed by atoms with Crippen LogP contribution in [0, 0.1) is 6.92 Å². The highest BCUT2D eigenvalue weighted by molar-refractivity contribution is 5.95. The van der Waals surface area contributed by atoms with Gasteiger partial charge in [0.1, 0.15) is 19.8 Å². The highest BCUT2D eigenvalue weighted by atomic mass is 16.6. The lowest BCUT2D eigenvalue weighted by Crippen LogP contribution is -2.15. The molecule has 0 spiro atoms. The first kappa shape index (κ1) is 20.6. The molecule has 0 aliphatic carbocycles. The first-order valence-electron chi connectivity index (χ1n) is 10.5. The summed E-state index contributed by atoms with van der Waals surface area (Å²) >= 11 is 0. The molecule has 3 aromatic carbocycles. The van der Waals surface area contributed by atoms with Crippen molar-refractivity contribution in [1.29, 1.82) is 0 Å². The summed E-state index contributed by atoms with van der Waals surface area (Å²) in [5.41, 5.74) is 5.39. The monoisotopic (exact) mass is 443 g/mol. The van der Waals surface area contributed by atoms with Crippen LogP contribution in [0.4, 0.5) is 11.5 Å². The second-order valence-corrected chi connectivity index (χ2v) is 7.61. The molecule has 0 amide bonds. The van der Waals surface area contributed by atoms with E-state index < -0.39 is 5.97 Å². The van der Waals surface area contributed by atoms with E-state index in [1.165, 1.54) is 6.21 Å². The van der Waals surface area contributed by atoms with Crippen LogP contribution in [0.1, 0.15) is 11.1 Å². The normalized spacial score (nSPS) is 12.9. The highest BCUT2D eigenvalue weighted by Gasteiger charge is 2.15. The van der Waals surface area contributed by atoms with Gasteiger partial charge in [0, 0.05) is 11.9 Å². The van der Waals surface area contributed by atoms with E-state index in [4.69, 9.17) is 19.1 Å². The Morgan fingerprint density at radius 3 is 2.82 bits per heavy atom. The maximum absolute atomic E-state index is 10.6. The molecule has 166 valence electrons. The Morgan fingerprint density at radius 2 is 1.97 bits per heavy atom. The van der Waals surface area contributed by atoms with Gasteiger partial charge in [-0.25, -0.2) is 0 Å². The van der Waals surface area contributed by atoms with Gasteiger partial charge in [-0.15, -0.1) is 0 Å². The molecule has 0 atom stereocenters. The number of aromatic nitrogens is 1. The second kappa shape index (κ2) is 8.66. The van der Waals surface area contributed by atoms with Crippen LogP contribution >= 0.6 is 0 Å². The first-order valence-corrected chi connectivity index (χ1v) is 10.5. The minimum atomic E-state index is -0.979. The summed E-state index contributed by atoms with van der Waals surface area (Å²) in [6, 6.07) is 17.5. The van der Waals surface area contributed by atoms with Crippen molar-refractivity contribution in [2.45, 2.75) is 6.92 Å². The fraction of sp³-hybridized carbons (Fsp3) is 0.160. The number of aliphatic imine (C=N–C) groups is 1. The van der Waals surface area contributed by atoms with Gasteiger partial charge < -0.3 is 24.4 Å². The summed E-state index contributed by atoms with van der Waals surface area (Å²) < 4.78 is 16.8. The zero-order chi connectivity index (χ0) is 22.8. The Labute approximate surface area is 189 Å². The highest BCUT2D eigenvalue weighted by Crippen LogP contribution is 2.37. The predicted octanol–water partition coefficient (Wildman–Crippen LogP) is 4.82. The number of ether oxygens (including phenoxy) is 2. The number of nitrogens with zero attached hydrogens (tertiary/aromatic N) is 2. The van der Waals surface area contributed by atoms with Gasteiger partial charge in [-0.2, -0.15) is 0 Å². The number of hydrogen-bond acceptors (Lipinski definition) is 7. The van der Waals surface area contributed by atoms with E-state index in [-0.39, 0.29) is 6.54 Å². The minimum absolute atomic E-state index is 0.278. The molecule has 0 unspecified atom stereocenters. The Bertz CT molecular complexity index is 1380. The van der Waals surface area contributed by atoms with Gasteiger partial charge >= 0.3 is 5.97 Å². The molecule has 0 fully saturated rings. The standard InChI is InChI=1S/C25H21N3O5/c1-15-18(17-6-8-21-23(12-17)32-10-9-31-21)3-2-4-20(15)27-25-19-7-5-16(11-22(19)33-28-25)13-26-14-24(29)30/h2-8,11-13H,9-10,14H2,1H3,(H,27,28)(H,29,30). The maximum Gasteiger partial charge on any atom is 0.325 e. The fourth-order valence-electron chi connectivity index (χ4n) is 3.78. The third kappa shape index (κ3) is 4.23. The molecule has 4 aromatic rings. The zero-order valence-electron chi connectivity index (χ0n) is 17.9. The van der Waals surface area contributed by atoms with Crippen molar-refractivity contribution in [3.8, 4) is 22.6 Å². The van der Waals surface area contributed by atoms with Gasteiger partial charge in [0.2, 0.25) is 0 Å². The fourth-order valence-corrected chi connectivity index (χ4v) is 3.78. The number of fused-ring (bicyclic) bond motifs is 2. The first-order chi connectivity index (χ1) is 16.1. The molecule has 1 aromatic heterocycles. The lowest BCUT2D eigenvalue weighted by atomic mass is 9.98. The number of hydrogen-bond donors (Lipinski definition) is 2. The van der Waals surface area contributed by atoms with Crippen LogP contribution in [-0.2, 0) is 4.79 Å². The smallest absolute Gasteiger partial charge is 0.325 e. The molecule has 0 bridgehead atoms. The van der Waals surface area contributed by atoms with Crippen molar-refractivity contribution < 1.29 is 23.9 Å². The van der Waals surface area contributed by atoms with Crippen LogP contribution < -0.4 is 14.8 Å². The van der Waals surface area contributed by atoms with E-state index >= 15 is 0 Å². The third-order valence-electron chi connectivity index (χ3n) is 5.40. The van der Waals surface area contributed by atoms with Crippen molar-refractivity contribution in [3.63, 3.8) is 0 Å². The second-order valence-electron chi connectivity index (χ2n) is 7.61. The summed E-state index contributed by atoms with van der Waals surface area (Å²) in [6.45, 7) is 2.88. The van der Waals surface area contributed by atoms with Crippen LogP contribution in [0.15, 0.2) is 64.1 Å². The molecule has 0 saturated heterocycles. The largest absolute Gasteiger partial charge is 0.486 e. The summed E-state index contributed by atoms with van der Waals surface area (Å²) in [4.78, 5) is 14.5. The molecule has 0 saturated carbocycles. The van der Waals surface area contributed by atoms with E-state index in [2.05, 4.69) is 21.5 Å². The Morgan fingerprint density at radius 1 is 1.12 bits per heavy atom. The molecule has 8 heteroatoms. The average Bonchev–Trinajstić information content (AvgIpc) is 3.22. The molecule has 1 aliphatic rings. The number of nitrogens with one attached hydrogen (secondary N) is 1. The van der Waals surface area contributed by atoms with E-state index in [1.807, 2.05) is 49.4 Å². The van der Waals surface area contributed by atoms with Crippen molar-refractivity contribution in [2.24, 2.45) is 4.99 Å². The topological polar surface area (TPSA) is 106 Å². The number of carbonyl (C=O) groups is 1. The van der Waals surface area contributed by atoms with Crippen LogP contribution in [0.5, 0.6) is 11.5 Å². The minimum Gasteiger partial charge on any atom is -0.486 e. The molecule has 0 radical (unpaired) electrons. The van der Waals surface area contributed by atoms with Gasteiger partial charge in [-0.05, 0) is 59.5 Å². The van der Waals surface area contributed by atoms with Crippen LogP contribution in [-0.4, -0.2) is 42.2 Å². The molecule has 33 heavy (non-hydrogen) atoms. The lowest BCUT2D eigenvalue weighted by molar-refractivity contribution is -0.135. The predicted molar refractivity (Wildman–Crippen MR) is 125 cm³/mol. The summed E-state index contributed by atoms with van der Waals surface area (Å²) in [6.07, 6.45) is 1.50. The van der Waals surface area contributed by atoms with Crippen molar-refractivity contribution in [2.75, 3.05) is 25.1 Å². The Balaban J connectivity index is 1.42. The molecule has 5 rings (SSSR count). The lowest BCUT2D eigenvalue weighted by Gasteiger charge is -2.19. The van der Waals surface area contributed by atoms with Crippen LogP contribution in [0.25, 0.3) is 22.1 Å². The Kier molecular flexibility index (Phi) is 5.40. The van der Waals surface area contributed by atoms with Crippen molar-refractivity contribution in [1.82, 2.24) is 5.16 Å². The third-order valence-corrected chi connectivity index (χ3v) is 5.40. The number of aliphatic carboxylic acids is 1. The van der Waals surface area contributed by atoms with E-state index in [0.29, 0.717) is 24.6 Å². The van der Waals surface area contributed by atoms with Crippen molar-refractivity contribution >= 4 is 34.7 Å². The van der Waals surface area contributed by atoms with Crippen molar-refractivity contribution in [3.05, 3.63) is 65.7 Å². The van der Waals surface area contributed by atoms with Crippen LogP contribution in [0.2, 0.25) is 0 Å². The maximum atomic E-state index is 10.6. The van der Waals surface area contributed by atoms with Gasteiger partial charge in [-0.3, -0.25) is 9.79 Å².